The number of hydrazine groups is 1. The molecule has 0 bridgehead atoms. The van der Waals surface area contributed by atoms with Crippen LogP contribution in [0.5, 0.6) is 0 Å². The van der Waals surface area contributed by atoms with Gasteiger partial charge in [0.2, 0.25) is 5.91 Å². The van der Waals surface area contributed by atoms with Crippen LogP contribution in [0.25, 0.3) is 11.0 Å². The molecule has 0 aliphatic carbocycles. The minimum Gasteiger partial charge on any atom is -0.481 e. The number of fused-ring (bicyclic) bond motifs is 1. The van der Waals surface area contributed by atoms with Gasteiger partial charge in [0, 0.05) is 25.0 Å². The van der Waals surface area contributed by atoms with Crippen molar-refractivity contribution in [2.45, 2.75) is 19.4 Å². The van der Waals surface area contributed by atoms with Crippen molar-refractivity contribution >= 4 is 22.8 Å². The zero-order chi connectivity index (χ0) is 17.6. The average Bonchev–Trinajstić information content (AvgIpc) is 3.31. The normalized spacial score (nSPS) is 29.4. The van der Waals surface area contributed by atoms with Crippen molar-refractivity contribution < 1.29 is 19.1 Å². The van der Waals surface area contributed by atoms with Gasteiger partial charge in [-0.05, 0) is 25.5 Å². The SMILES string of the molecule is CC1(C(=O)O)CCN(C(=O)C2CNNC2c2cc3ccccc3o2)C1. The number of nitrogens with one attached hydrogen (secondary N) is 2. The maximum Gasteiger partial charge on any atom is 0.311 e. The van der Waals surface area contributed by atoms with Crippen LogP contribution in [0.3, 0.4) is 0 Å². The number of carboxylic acids is 1. The molecule has 2 aliphatic heterocycles. The molecule has 1 amide bonds. The zero-order valence-electron chi connectivity index (χ0n) is 14.0. The number of carboxylic acid groups (broad SMARTS) is 1. The summed E-state index contributed by atoms with van der Waals surface area (Å²) >= 11 is 0. The molecule has 3 N–H and O–H groups in total. The molecule has 4 rings (SSSR count). The fraction of sp³-hybridized carbons (Fsp3) is 0.444. The summed E-state index contributed by atoms with van der Waals surface area (Å²) in [6.07, 6.45) is 0.483. The van der Waals surface area contributed by atoms with Gasteiger partial charge in [0.15, 0.2) is 0 Å². The highest BCUT2D eigenvalue weighted by Crippen LogP contribution is 2.35. The highest BCUT2D eigenvalue weighted by atomic mass is 16.4. The number of para-hydroxylation sites is 1. The van der Waals surface area contributed by atoms with Crippen molar-refractivity contribution in [3.63, 3.8) is 0 Å². The fourth-order valence-corrected chi connectivity index (χ4v) is 3.71. The molecule has 25 heavy (non-hydrogen) atoms. The Labute approximate surface area is 144 Å². The number of hydrogen-bond donors (Lipinski definition) is 3. The van der Waals surface area contributed by atoms with E-state index in [4.69, 9.17) is 4.42 Å². The number of amides is 1. The third kappa shape index (κ3) is 2.69. The number of carbonyl (C=O) groups is 2. The van der Waals surface area contributed by atoms with E-state index in [0.717, 1.165) is 11.0 Å². The predicted molar refractivity (Wildman–Crippen MR) is 90.5 cm³/mol. The second-order valence-corrected chi connectivity index (χ2v) is 7.17. The Hall–Kier alpha value is -2.38. The molecule has 132 valence electrons. The lowest BCUT2D eigenvalue weighted by Crippen LogP contribution is -2.40. The number of likely N-dealkylation sites (tertiary alicyclic amines) is 1. The highest BCUT2D eigenvalue weighted by Gasteiger charge is 2.46. The van der Waals surface area contributed by atoms with Crippen molar-refractivity contribution in [1.29, 1.82) is 0 Å². The molecule has 0 spiro atoms. The standard InChI is InChI=1S/C18H21N3O4/c1-18(17(23)24)6-7-21(10-18)16(22)12-9-19-20-15(12)14-8-11-4-2-3-5-13(11)25-14/h2-5,8,12,15,19-20H,6-7,9-10H2,1H3,(H,23,24). The van der Waals surface area contributed by atoms with Gasteiger partial charge in [-0.3, -0.25) is 15.0 Å². The first-order valence-corrected chi connectivity index (χ1v) is 8.47. The lowest BCUT2D eigenvalue weighted by Gasteiger charge is -2.24. The first-order chi connectivity index (χ1) is 12.0. The fourth-order valence-electron chi connectivity index (χ4n) is 3.71. The number of carbonyl (C=O) groups excluding carboxylic acids is 1. The monoisotopic (exact) mass is 343 g/mol. The second-order valence-electron chi connectivity index (χ2n) is 7.17. The average molecular weight is 343 g/mol. The summed E-state index contributed by atoms with van der Waals surface area (Å²) < 4.78 is 5.91. The Morgan fingerprint density at radius 2 is 2.16 bits per heavy atom. The molecule has 3 heterocycles. The Bertz CT molecular complexity index is 800. The summed E-state index contributed by atoms with van der Waals surface area (Å²) in [6.45, 7) is 2.92. The summed E-state index contributed by atoms with van der Waals surface area (Å²) in [7, 11) is 0. The van der Waals surface area contributed by atoms with Crippen LogP contribution in [0.4, 0.5) is 0 Å². The van der Waals surface area contributed by atoms with Crippen LogP contribution in [0.15, 0.2) is 34.7 Å². The Kier molecular flexibility index (Phi) is 3.77. The first kappa shape index (κ1) is 16.1. The number of furan rings is 1. The van der Waals surface area contributed by atoms with Crippen molar-refractivity contribution in [2.24, 2.45) is 11.3 Å². The van der Waals surface area contributed by atoms with Crippen LogP contribution in [-0.4, -0.2) is 41.5 Å². The van der Waals surface area contributed by atoms with Gasteiger partial charge in [-0.1, -0.05) is 18.2 Å². The zero-order valence-corrected chi connectivity index (χ0v) is 14.0. The van der Waals surface area contributed by atoms with Crippen LogP contribution in [0.2, 0.25) is 0 Å². The number of hydrogen-bond acceptors (Lipinski definition) is 5. The van der Waals surface area contributed by atoms with Crippen LogP contribution in [0.1, 0.15) is 25.1 Å². The Balaban J connectivity index is 1.55. The molecule has 2 aliphatic rings. The Morgan fingerprint density at radius 3 is 2.88 bits per heavy atom. The number of nitrogens with zero attached hydrogens (tertiary/aromatic N) is 1. The first-order valence-electron chi connectivity index (χ1n) is 8.47. The topological polar surface area (TPSA) is 94.8 Å². The third-order valence-corrected chi connectivity index (χ3v) is 5.35. The van der Waals surface area contributed by atoms with Crippen molar-refractivity contribution in [3.8, 4) is 0 Å². The van der Waals surface area contributed by atoms with E-state index in [1.807, 2.05) is 30.3 Å². The molecular weight excluding hydrogens is 322 g/mol. The molecule has 2 aromatic rings. The predicted octanol–water partition coefficient (Wildman–Crippen LogP) is 1.52. The van der Waals surface area contributed by atoms with Gasteiger partial charge in [-0.25, -0.2) is 5.43 Å². The van der Waals surface area contributed by atoms with E-state index in [9.17, 15) is 14.7 Å². The minimum atomic E-state index is -0.857. The molecule has 1 aromatic heterocycles. The van der Waals surface area contributed by atoms with E-state index in [2.05, 4.69) is 10.9 Å². The number of aliphatic carboxylic acids is 1. The van der Waals surface area contributed by atoms with Gasteiger partial charge < -0.3 is 14.4 Å². The van der Waals surface area contributed by atoms with E-state index >= 15 is 0 Å². The molecule has 3 atom stereocenters. The van der Waals surface area contributed by atoms with Gasteiger partial charge in [-0.2, -0.15) is 0 Å². The largest absolute Gasteiger partial charge is 0.481 e. The van der Waals surface area contributed by atoms with E-state index < -0.39 is 11.4 Å². The molecule has 0 radical (unpaired) electrons. The number of benzene rings is 1. The van der Waals surface area contributed by atoms with Gasteiger partial charge in [0.25, 0.3) is 0 Å². The molecule has 7 nitrogen and oxygen atoms in total. The lowest BCUT2D eigenvalue weighted by molar-refractivity contribution is -0.147. The van der Waals surface area contributed by atoms with E-state index in [0.29, 0.717) is 25.3 Å². The van der Waals surface area contributed by atoms with Gasteiger partial charge in [0.05, 0.1) is 17.4 Å². The second kappa shape index (κ2) is 5.86. The summed E-state index contributed by atoms with van der Waals surface area (Å²) in [6, 6.07) is 9.41. The van der Waals surface area contributed by atoms with Crippen LogP contribution >= 0.6 is 0 Å². The quantitative estimate of drug-likeness (QED) is 0.782. The smallest absolute Gasteiger partial charge is 0.311 e. The molecule has 7 heteroatoms. The van der Waals surface area contributed by atoms with Crippen LogP contribution < -0.4 is 10.9 Å². The molecule has 2 saturated heterocycles. The van der Waals surface area contributed by atoms with Crippen molar-refractivity contribution in [3.05, 3.63) is 36.1 Å². The maximum absolute atomic E-state index is 13.0. The van der Waals surface area contributed by atoms with Gasteiger partial charge in [0.1, 0.15) is 11.3 Å². The summed E-state index contributed by atoms with van der Waals surface area (Å²) in [4.78, 5) is 26.1. The van der Waals surface area contributed by atoms with E-state index in [-0.39, 0.29) is 24.4 Å². The summed E-state index contributed by atoms with van der Waals surface area (Å²) in [5, 5.41) is 10.4. The van der Waals surface area contributed by atoms with Gasteiger partial charge >= 0.3 is 5.97 Å². The van der Waals surface area contributed by atoms with Crippen molar-refractivity contribution in [2.75, 3.05) is 19.6 Å². The Morgan fingerprint density at radius 1 is 1.36 bits per heavy atom. The molecule has 3 unspecified atom stereocenters. The third-order valence-electron chi connectivity index (χ3n) is 5.35. The minimum absolute atomic E-state index is 0.0343. The summed E-state index contributed by atoms with van der Waals surface area (Å²) in [5.41, 5.74) is 6.10. The lowest BCUT2D eigenvalue weighted by atomic mass is 9.90. The van der Waals surface area contributed by atoms with Crippen LogP contribution in [-0.2, 0) is 9.59 Å². The molecule has 0 saturated carbocycles. The van der Waals surface area contributed by atoms with E-state index in [1.165, 1.54) is 0 Å². The van der Waals surface area contributed by atoms with E-state index in [1.54, 1.807) is 11.8 Å². The van der Waals surface area contributed by atoms with Crippen LogP contribution in [0, 0.1) is 11.3 Å². The molecule has 2 fully saturated rings. The number of rotatable bonds is 3. The van der Waals surface area contributed by atoms with Crippen molar-refractivity contribution in [1.82, 2.24) is 15.8 Å². The molecule has 1 aromatic carbocycles. The maximum atomic E-state index is 13.0. The van der Waals surface area contributed by atoms with Gasteiger partial charge in [-0.15, -0.1) is 0 Å². The summed E-state index contributed by atoms with van der Waals surface area (Å²) in [5.74, 6) is -0.492. The highest BCUT2D eigenvalue weighted by molar-refractivity contribution is 5.83. The molecular formula is C18H21N3O4.